The molecule has 0 aliphatic rings. The summed E-state index contributed by atoms with van der Waals surface area (Å²) in [5.41, 5.74) is 17.9. The van der Waals surface area contributed by atoms with Gasteiger partial charge in [0.15, 0.2) is 0 Å². The Morgan fingerprint density at radius 1 is 0.949 bits per heavy atom. The summed E-state index contributed by atoms with van der Waals surface area (Å²) < 4.78 is 0. The first-order valence-corrected chi connectivity index (χ1v) is 12.6. The number of aliphatic hydroxyl groups excluding tert-OH is 1. The highest BCUT2D eigenvalue weighted by molar-refractivity contribution is 5.95. The summed E-state index contributed by atoms with van der Waals surface area (Å²) in [5, 5.41) is 27.3. The number of para-hydroxylation sites is 1. The number of nitrogens with one attached hydrogen (secondary N) is 4. The maximum Gasteiger partial charge on any atom is 0.326 e. The Hall–Kier alpha value is -4.01. The van der Waals surface area contributed by atoms with Crippen molar-refractivity contribution in [2.45, 2.75) is 69.3 Å². The number of aliphatic hydroxyl groups is 1. The van der Waals surface area contributed by atoms with Crippen molar-refractivity contribution in [1.29, 1.82) is 0 Å². The smallest absolute Gasteiger partial charge is 0.326 e. The second-order valence-corrected chi connectivity index (χ2v) is 9.31. The number of aromatic nitrogens is 1. The lowest BCUT2D eigenvalue weighted by atomic mass is 10.0. The lowest BCUT2D eigenvalue weighted by Crippen LogP contribution is -2.58. The molecule has 0 aliphatic carbocycles. The van der Waals surface area contributed by atoms with E-state index in [4.69, 9.17) is 17.2 Å². The van der Waals surface area contributed by atoms with E-state index in [0.717, 1.165) is 10.9 Å². The highest BCUT2D eigenvalue weighted by atomic mass is 16.4. The van der Waals surface area contributed by atoms with Crippen LogP contribution in [-0.4, -0.2) is 81.6 Å². The lowest BCUT2D eigenvalue weighted by molar-refractivity contribution is -0.143. The van der Waals surface area contributed by atoms with Crippen LogP contribution in [-0.2, 0) is 30.4 Å². The number of primary amides is 1. The third-order valence-electron chi connectivity index (χ3n) is 6.15. The van der Waals surface area contributed by atoms with Crippen molar-refractivity contribution >= 4 is 40.5 Å². The predicted octanol–water partition coefficient (Wildman–Crippen LogP) is -2.04. The Labute approximate surface area is 225 Å². The maximum atomic E-state index is 13.4. The molecule has 0 fully saturated rings. The fraction of sp³-hybridized carbons (Fsp3) is 0.480. The molecule has 0 saturated carbocycles. The number of nitrogens with two attached hydrogens (primary N) is 3. The third-order valence-corrected chi connectivity index (χ3v) is 6.15. The fourth-order valence-corrected chi connectivity index (χ4v) is 3.92. The van der Waals surface area contributed by atoms with Gasteiger partial charge in [-0.2, -0.15) is 0 Å². The number of fused-ring (bicyclic) bond motifs is 1. The van der Waals surface area contributed by atoms with Crippen LogP contribution in [0.5, 0.6) is 0 Å². The van der Waals surface area contributed by atoms with Gasteiger partial charge in [-0.25, -0.2) is 4.79 Å². The number of unbranched alkanes of at least 4 members (excludes halogenated alkanes) is 1. The highest BCUT2D eigenvalue weighted by Gasteiger charge is 2.31. The van der Waals surface area contributed by atoms with Crippen LogP contribution in [0.1, 0.15) is 38.2 Å². The molecule has 5 unspecified atom stereocenters. The van der Waals surface area contributed by atoms with Crippen molar-refractivity contribution in [3.63, 3.8) is 0 Å². The first kappa shape index (κ1) is 31.2. The molecule has 0 spiro atoms. The average Bonchev–Trinajstić information content (AvgIpc) is 3.29. The molecule has 1 aromatic heterocycles. The molecule has 14 heteroatoms. The minimum Gasteiger partial charge on any atom is -0.480 e. The van der Waals surface area contributed by atoms with Crippen LogP contribution in [0.3, 0.4) is 0 Å². The van der Waals surface area contributed by atoms with E-state index in [2.05, 4.69) is 20.9 Å². The zero-order valence-corrected chi connectivity index (χ0v) is 21.7. The minimum atomic E-state index is -1.59. The molecule has 5 atom stereocenters. The van der Waals surface area contributed by atoms with E-state index in [9.17, 15) is 34.2 Å². The number of carboxylic acids is 1. The molecule has 214 valence electrons. The van der Waals surface area contributed by atoms with E-state index in [0.29, 0.717) is 24.9 Å². The Morgan fingerprint density at radius 2 is 1.56 bits per heavy atom. The van der Waals surface area contributed by atoms with Crippen LogP contribution in [0.2, 0.25) is 0 Å². The maximum absolute atomic E-state index is 13.4. The zero-order chi connectivity index (χ0) is 29.1. The summed E-state index contributed by atoms with van der Waals surface area (Å²) in [4.78, 5) is 64.9. The van der Waals surface area contributed by atoms with Gasteiger partial charge in [-0.1, -0.05) is 18.2 Å². The fourth-order valence-electron chi connectivity index (χ4n) is 3.92. The van der Waals surface area contributed by atoms with Crippen LogP contribution in [0, 0.1) is 0 Å². The van der Waals surface area contributed by atoms with E-state index in [-0.39, 0.29) is 12.8 Å². The van der Waals surface area contributed by atoms with Gasteiger partial charge in [0.05, 0.1) is 12.5 Å². The van der Waals surface area contributed by atoms with Crippen LogP contribution in [0.4, 0.5) is 0 Å². The van der Waals surface area contributed by atoms with Gasteiger partial charge < -0.3 is 48.3 Å². The van der Waals surface area contributed by atoms with Crippen molar-refractivity contribution in [2.75, 3.05) is 6.54 Å². The van der Waals surface area contributed by atoms with Gasteiger partial charge in [-0.3, -0.25) is 19.2 Å². The molecular formula is C25H37N7O7. The van der Waals surface area contributed by atoms with Gasteiger partial charge in [-0.15, -0.1) is 0 Å². The number of rotatable bonds is 16. The summed E-state index contributed by atoms with van der Waals surface area (Å²) in [7, 11) is 0. The van der Waals surface area contributed by atoms with Crippen molar-refractivity contribution in [3.8, 4) is 0 Å². The number of carbonyl (C=O) groups excluding carboxylic acids is 4. The molecule has 2 rings (SSSR count). The number of amides is 4. The first-order chi connectivity index (χ1) is 18.4. The lowest BCUT2D eigenvalue weighted by Gasteiger charge is -2.25. The van der Waals surface area contributed by atoms with Gasteiger partial charge in [0.25, 0.3) is 0 Å². The Balaban J connectivity index is 2.30. The topological polar surface area (TPSA) is 256 Å². The normalized spacial score (nSPS) is 15.0. The molecule has 0 bridgehead atoms. The summed E-state index contributed by atoms with van der Waals surface area (Å²) in [6.07, 6.45) is 0.953. The predicted molar refractivity (Wildman–Crippen MR) is 142 cm³/mol. The van der Waals surface area contributed by atoms with Gasteiger partial charge in [0.1, 0.15) is 24.2 Å². The Kier molecular flexibility index (Phi) is 11.8. The second-order valence-electron chi connectivity index (χ2n) is 9.31. The minimum absolute atomic E-state index is 0.0185. The van der Waals surface area contributed by atoms with Crippen LogP contribution >= 0.6 is 0 Å². The molecule has 4 amide bonds. The van der Waals surface area contributed by atoms with E-state index >= 15 is 0 Å². The summed E-state index contributed by atoms with van der Waals surface area (Å²) in [6, 6.07) is 2.04. The summed E-state index contributed by atoms with van der Waals surface area (Å²) in [6.45, 7) is 1.67. The summed E-state index contributed by atoms with van der Waals surface area (Å²) in [5.74, 6) is -4.75. The zero-order valence-electron chi connectivity index (χ0n) is 21.7. The number of aliphatic carboxylic acids is 1. The van der Waals surface area contributed by atoms with Crippen LogP contribution in [0.15, 0.2) is 30.5 Å². The van der Waals surface area contributed by atoms with Gasteiger partial charge in [0.2, 0.25) is 23.6 Å². The van der Waals surface area contributed by atoms with Gasteiger partial charge >= 0.3 is 5.97 Å². The van der Waals surface area contributed by atoms with Crippen LogP contribution in [0.25, 0.3) is 10.9 Å². The molecule has 1 heterocycles. The molecule has 1 aromatic carbocycles. The molecule has 0 aliphatic heterocycles. The van der Waals surface area contributed by atoms with Crippen LogP contribution < -0.4 is 33.2 Å². The first-order valence-electron chi connectivity index (χ1n) is 12.6. The number of aromatic amines is 1. The van der Waals surface area contributed by atoms with E-state index in [1.165, 1.54) is 6.92 Å². The number of hydrogen-bond donors (Lipinski definition) is 9. The van der Waals surface area contributed by atoms with Gasteiger partial charge in [-0.05, 0) is 44.4 Å². The largest absolute Gasteiger partial charge is 0.480 e. The molecule has 39 heavy (non-hydrogen) atoms. The number of carboxylic acid groups (broad SMARTS) is 1. The average molecular weight is 548 g/mol. The highest BCUT2D eigenvalue weighted by Crippen LogP contribution is 2.19. The van der Waals surface area contributed by atoms with E-state index in [1.807, 2.05) is 24.3 Å². The van der Waals surface area contributed by atoms with Gasteiger partial charge in [0, 0.05) is 23.5 Å². The molecule has 14 nitrogen and oxygen atoms in total. The Bertz CT molecular complexity index is 1170. The van der Waals surface area contributed by atoms with Crippen molar-refractivity contribution in [2.24, 2.45) is 17.2 Å². The molecule has 2 aromatic rings. The van der Waals surface area contributed by atoms with Crippen molar-refractivity contribution in [3.05, 3.63) is 36.0 Å². The quantitative estimate of drug-likeness (QED) is 0.105. The standard InChI is InChI=1S/C25H37N7O7/c1-13(33)21(28)24(37)31-18(10-14-12-29-16-7-3-2-6-15(14)16)23(36)30-17(8-4-5-9-26)22(35)32-19(25(38)39)11-20(27)34/h2-3,6-7,12-13,17-19,21,29,33H,4-5,8-11,26,28H2,1H3,(H2,27,34)(H,30,36)(H,31,37)(H,32,35)(H,38,39). The third kappa shape index (κ3) is 9.35. The summed E-state index contributed by atoms with van der Waals surface area (Å²) >= 11 is 0. The van der Waals surface area contributed by atoms with E-state index in [1.54, 1.807) is 6.20 Å². The van der Waals surface area contributed by atoms with E-state index < -0.39 is 66.3 Å². The monoisotopic (exact) mass is 547 g/mol. The number of H-pyrrole nitrogens is 1. The SMILES string of the molecule is CC(O)C(N)C(=O)NC(Cc1c[nH]c2ccccc12)C(=O)NC(CCCCN)C(=O)NC(CC(N)=O)C(=O)O. The van der Waals surface area contributed by atoms with Crippen molar-refractivity contribution in [1.82, 2.24) is 20.9 Å². The molecule has 12 N–H and O–H groups in total. The molecule has 0 saturated heterocycles. The second kappa shape index (κ2) is 14.8. The molecular weight excluding hydrogens is 510 g/mol. The number of benzene rings is 1. The molecule has 0 radical (unpaired) electrons. The Morgan fingerprint density at radius 3 is 2.18 bits per heavy atom. The number of hydrogen-bond acceptors (Lipinski definition) is 8. The number of carbonyl (C=O) groups is 5. The van der Waals surface area contributed by atoms with Crippen molar-refractivity contribution < 1.29 is 34.2 Å².